The second-order valence-corrected chi connectivity index (χ2v) is 4.14. The molecule has 0 saturated heterocycles. The van der Waals surface area contributed by atoms with Crippen LogP contribution in [0.4, 0.5) is 11.5 Å². The van der Waals surface area contributed by atoms with Crippen molar-refractivity contribution in [3.8, 4) is 11.5 Å². The van der Waals surface area contributed by atoms with Gasteiger partial charge in [0.15, 0.2) is 5.75 Å². The number of ether oxygens (including phenoxy) is 2. The third-order valence-electron chi connectivity index (χ3n) is 2.87. The number of anilines is 1. The fraction of sp³-hybridized carbons (Fsp3) is 0.214. The molecule has 0 atom stereocenters. The Kier molecular flexibility index (Phi) is 4.55. The molecule has 0 bridgehead atoms. The summed E-state index contributed by atoms with van der Waals surface area (Å²) in [5.74, 6) is 1.27. The molecule has 110 valence electrons. The first-order chi connectivity index (χ1) is 10.2. The summed E-state index contributed by atoms with van der Waals surface area (Å²) in [4.78, 5) is 14.7. The highest BCUT2D eigenvalue weighted by Crippen LogP contribution is 2.31. The number of nitro groups is 1. The molecular formula is C14H15N3O4. The number of pyridine rings is 1. The van der Waals surface area contributed by atoms with Crippen LogP contribution in [0, 0.1) is 10.1 Å². The quantitative estimate of drug-likeness (QED) is 0.649. The molecule has 1 aromatic carbocycles. The van der Waals surface area contributed by atoms with Crippen LogP contribution in [-0.4, -0.2) is 24.1 Å². The highest BCUT2D eigenvalue weighted by Gasteiger charge is 2.17. The second-order valence-electron chi connectivity index (χ2n) is 4.14. The minimum Gasteiger partial charge on any atom is -0.496 e. The molecule has 0 unspecified atom stereocenters. The van der Waals surface area contributed by atoms with E-state index in [4.69, 9.17) is 9.47 Å². The van der Waals surface area contributed by atoms with Crippen LogP contribution in [0.25, 0.3) is 0 Å². The summed E-state index contributed by atoms with van der Waals surface area (Å²) in [6, 6.07) is 8.09. The lowest BCUT2D eigenvalue weighted by Gasteiger charge is -2.10. The summed E-state index contributed by atoms with van der Waals surface area (Å²) in [7, 11) is 3.20. The van der Waals surface area contributed by atoms with E-state index < -0.39 is 4.92 Å². The highest BCUT2D eigenvalue weighted by molar-refractivity contribution is 5.51. The van der Waals surface area contributed by atoms with E-state index >= 15 is 0 Å². The average Bonchev–Trinajstić information content (AvgIpc) is 2.52. The Hall–Kier alpha value is -2.83. The van der Waals surface area contributed by atoms with Gasteiger partial charge >= 0.3 is 5.69 Å². The fourth-order valence-corrected chi connectivity index (χ4v) is 1.82. The zero-order chi connectivity index (χ0) is 15.2. The fourth-order valence-electron chi connectivity index (χ4n) is 1.82. The van der Waals surface area contributed by atoms with Gasteiger partial charge in [0.2, 0.25) is 0 Å². The van der Waals surface area contributed by atoms with Crippen molar-refractivity contribution in [2.45, 2.75) is 6.61 Å². The Bertz CT molecular complexity index is 646. The lowest BCUT2D eigenvalue weighted by Crippen LogP contribution is -2.03. The number of methoxy groups -OCH3 is 1. The van der Waals surface area contributed by atoms with Gasteiger partial charge in [0.25, 0.3) is 0 Å². The molecular weight excluding hydrogens is 274 g/mol. The molecule has 1 aromatic heterocycles. The van der Waals surface area contributed by atoms with Gasteiger partial charge in [0.1, 0.15) is 18.2 Å². The topological polar surface area (TPSA) is 86.5 Å². The Balaban J connectivity index is 2.21. The molecule has 0 saturated carbocycles. The van der Waals surface area contributed by atoms with Crippen molar-refractivity contribution < 1.29 is 14.4 Å². The minimum atomic E-state index is -0.500. The number of hydrogen-bond acceptors (Lipinski definition) is 6. The third kappa shape index (κ3) is 3.38. The molecule has 0 radical (unpaired) electrons. The standard InChI is InChI=1S/C14H15N3O4/c1-15-14-10(4-3-7-16-14)9-21-13-6-5-11(20-2)8-12(13)17(18)19/h3-8H,9H2,1-2H3,(H,15,16). The number of rotatable bonds is 6. The van der Waals surface area contributed by atoms with Crippen molar-refractivity contribution in [2.75, 3.05) is 19.5 Å². The Labute approximate surface area is 121 Å². The van der Waals surface area contributed by atoms with Gasteiger partial charge in [-0.25, -0.2) is 4.98 Å². The van der Waals surface area contributed by atoms with Gasteiger partial charge in [-0.05, 0) is 18.2 Å². The molecule has 7 heteroatoms. The van der Waals surface area contributed by atoms with Crippen LogP contribution in [0.3, 0.4) is 0 Å². The average molecular weight is 289 g/mol. The smallest absolute Gasteiger partial charge is 0.314 e. The van der Waals surface area contributed by atoms with Gasteiger partial charge in [-0.1, -0.05) is 6.07 Å². The van der Waals surface area contributed by atoms with Crippen LogP contribution in [0.15, 0.2) is 36.5 Å². The molecule has 21 heavy (non-hydrogen) atoms. The molecule has 0 aliphatic carbocycles. The van der Waals surface area contributed by atoms with E-state index in [9.17, 15) is 10.1 Å². The first-order valence-electron chi connectivity index (χ1n) is 6.22. The maximum Gasteiger partial charge on any atom is 0.314 e. The van der Waals surface area contributed by atoms with Crippen LogP contribution in [0.2, 0.25) is 0 Å². The molecule has 0 aliphatic heterocycles. The first-order valence-corrected chi connectivity index (χ1v) is 6.22. The van der Waals surface area contributed by atoms with Crippen molar-refractivity contribution in [1.29, 1.82) is 0 Å². The van der Waals surface area contributed by atoms with Crippen LogP contribution >= 0.6 is 0 Å². The highest BCUT2D eigenvalue weighted by atomic mass is 16.6. The summed E-state index contributed by atoms with van der Waals surface area (Å²) in [6.45, 7) is 0.178. The van der Waals surface area contributed by atoms with E-state index in [1.165, 1.54) is 19.2 Å². The van der Waals surface area contributed by atoms with Crippen molar-refractivity contribution in [3.05, 3.63) is 52.2 Å². The third-order valence-corrected chi connectivity index (χ3v) is 2.87. The number of aromatic nitrogens is 1. The zero-order valence-electron chi connectivity index (χ0n) is 11.7. The zero-order valence-corrected chi connectivity index (χ0v) is 11.7. The monoisotopic (exact) mass is 289 g/mol. The number of nitro benzene ring substituents is 1. The van der Waals surface area contributed by atoms with Crippen LogP contribution in [0.5, 0.6) is 11.5 Å². The molecule has 0 spiro atoms. The maximum absolute atomic E-state index is 11.1. The van der Waals surface area contributed by atoms with Crippen LogP contribution in [0.1, 0.15) is 5.56 Å². The predicted molar refractivity (Wildman–Crippen MR) is 77.8 cm³/mol. The molecule has 7 nitrogen and oxygen atoms in total. The summed E-state index contributed by atoms with van der Waals surface area (Å²) >= 11 is 0. The van der Waals surface area contributed by atoms with E-state index in [2.05, 4.69) is 10.3 Å². The molecule has 2 rings (SSSR count). The molecule has 1 N–H and O–H groups in total. The minimum absolute atomic E-state index is 0.135. The molecule has 0 fully saturated rings. The van der Waals surface area contributed by atoms with Gasteiger partial charge in [-0.3, -0.25) is 10.1 Å². The van der Waals surface area contributed by atoms with Crippen LogP contribution in [-0.2, 0) is 6.61 Å². The lowest BCUT2D eigenvalue weighted by atomic mass is 10.2. The Morgan fingerprint density at radius 3 is 2.86 bits per heavy atom. The molecule has 0 aliphatic rings. The summed E-state index contributed by atoms with van der Waals surface area (Å²) in [5.41, 5.74) is 0.675. The van der Waals surface area contributed by atoms with Gasteiger partial charge in [0.05, 0.1) is 18.1 Å². The van der Waals surface area contributed by atoms with Crippen molar-refractivity contribution in [1.82, 2.24) is 4.98 Å². The van der Waals surface area contributed by atoms with Gasteiger partial charge in [0, 0.05) is 18.8 Å². The summed E-state index contributed by atoms with van der Waals surface area (Å²) < 4.78 is 10.5. The number of nitrogens with zero attached hydrogens (tertiary/aromatic N) is 2. The summed E-state index contributed by atoms with van der Waals surface area (Å²) in [6.07, 6.45) is 1.66. The Morgan fingerprint density at radius 1 is 1.38 bits per heavy atom. The van der Waals surface area contributed by atoms with E-state index in [1.54, 1.807) is 25.4 Å². The predicted octanol–water partition coefficient (Wildman–Crippen LogP) is 2.62. The number of hydrogen-bond donors (Lipinski definition) is 1. The van der Waals surface area contributed by atoms with E-state index in [0.717, 1.165) is 5.56 Å². The normalized spacial score (nSPS) is 10.0. The van der Waals surface area contributed by atoms with Gasteiger partial charge in [-0.2, -0.15) is 0 Å². The Morgan fingerprint density at radius 2 is 2.19 bits per heavy atom. The number of benzene rings is 1. The van der Waals surface area contributed by atoms with Crippen molar-refractivity contribution in [3.63, 3.8) is 0 Å². The SMILES string of the molecule is CNc1ncccc1COc1ccc(OC)cc1[N+](=O)[O-]. The second kappa shape index (κ2) is 6.56. The van der Waals surface area contributed by atoms with E-state index in [-0.39, 0.29) is 18.0 Å². The van der Waals surface area contributed by atoms with Gasteiger partial charge in [-0.15, -0.1) is 0 Å². The van der Waals surface area contributed by atoms with Crippen molar-refractivity contribution in [2.24, 2.45) is 0 Å². The van der Waals surface area contributed by atoms with E-state index in [1.807, 2.05) is 6.07 Å². The molecule has 2 aromatic rings. The first kappa shape index (κ1) is 14.6. The maximum atomic E-state index is 11.1. The lowest BCUT2D eigenvalue weighted by molar-refractivity contribution is -0.386. The van der Waals surface area contributed by atoms with E-state index in [0.29, 0.717) is 11.6 Å². The van der Waals surface area contributed by atoms with Crippen LogP contribution < -0.4 is 14.8 Å². The summed E-state index contributed by atoms with van der Waals surface area (Å²) in [5, 5.41) is 14.0. The molecule has 0 amide bonds. The molecule has 1 heterocycles. The van der Waals surface area contributed by atoms with Crippen molar-refractivity contribution >= 4 is 11.5 Å². The number of nitrogens with one attached hydrogen (secondary N) is 1. The largest absolute Gasteiger partial charge is 0.496 e. The van der Waals surface area contributed by atoms with Gasteiger partial charge < -0.3 is 14.8 Å².